The number of hydrogen-bond donors (Lipinski definition) is 1. The molecule has 1 aromatic carbocycles. The molecule has 1 saturated heterocycles. The largest absolute Gasteiger partial charge is 0.398 e. The van der Waals surface area contributed by atoms with E-state index in [1.165, 1.54) is 36.3 Å². The number of fused-ring (bicyclic) bond motifs is 1. The summed E-state index contributed by atoms with van der Waals surface area (Å²) in [5.41, 5.74) is 9.78. The minimum absolute atomic E-state index is 0.857. The first-order valence-corrected chi connectivity index (χ1v) is 7.08. The van der Waals surface area contributed by atoms with E-state index in [0.29, 0.717) is 0 Å². The Hall–Kier alpha value is -0.670. The predicted molar refractivity (Wildman–Crippen MR) is 70.4 cm³/mol. The predicted octanol–water partition coefficient (Wildman–Crippen LogP) is 2.48. The molecule has 2 aliphatic heterocycles. The molecule has 0 aromatic heterocycles. The highest BCUT2D eigenvalue weighted by Gasteiger charge is 2.24. The average molecular weight is 234 g/mol. The van der Waals surface area contributed by atoms with Gasteiger partial charge in [0.15, 0.2) is 0 Å². The molecule has 0 aliphatic carbocycles. The van der Waals surface area contributed by atoms with Gasteiger partial charge in [0, 0.05) is 30.6 Å². The highest BCUT2D eigenvalue weighted by atomic mass is 32.2. The van der Waals surface area contributed by atoms with Crippen LogP contribution in [-0.4, -0.2) is 22.4 Å². The van der Waals surface area contributed by atoms with Crippen molar-refractivity contribution in [2.75, 3.05) is 18.0 Å². The van der Waals surface area contributed by atoms with Gasteiger partial charge in [0.05, 0.1) is 0 Å². The van der Waals surface area contributed by atoms with Crippen molar-refractivity contribution in [2.24, 2.45) is 0 Å². The third-order valence-electron chi connectivity index (χ3n) is 3.57. The van der Waals surface area contributed by atoms with Crippen molar-refractivity contribution in [1.82, 2.24) is 4.90 Å². The molecule has 2 heterocycles. The first-order valence-electron chi connectivity index (χ1n) is 6.03. The van der Waals surface area contributed by atoms with Gasteiger partial charge in [-0.2, -0.15) is 11.8 Å². The molecule has 2 aliphatic rings. The highest BCUT2D eigenvalue weighted by Crippen LogP contribution is 2.31. The number of nitrogens with two attached hydrogens (primary N) is 1. The van der Waals surface area contributed by atoms with E-state index < -0.39 is 0 Å². The zero-order valence-electron chi connectivity index (χ0n) is 9.48. The van der Waals surface area contributed by atoms with Crippen molar-refractivity contribution < 1.29 is 0 Å². The molecular weight excluding hydrogens is 216 g/mol. The third-order valence-corrected chi connectivity index (χ3v) is 4.95. The smallest absolute Gasteiger partial charge is 0.0363 e. The van der Waals surface area contributed by atoms with Crippen LogP contribution in [0.3, 0.4) is 0 Å². The summed E-state index contributed by atoms with van der Waals surface area (Å²) in [6, 6.07) is 6.31. The molecule has 1 unspecified atom stereocenters. The molecule has 3 heteroatoms. The van der Waals surface area contributed by atoms with Crippen LogP contribution in [0.5, 0.6) is 0 Å². The van der Waals surface area contributed by atoms with Crippen molar-refractivity contribution in [3.63, 3.8) is 0 Å². The van der Waals surface area contributed by atoms with Crippen LogP contribution in [0.25, 0.3) is 0 Å². The van der Waals surface area contributed by atoms with E-state index in [0.717, 1.165) is 24.0 Å². The summed E-state index contributed by atoms with van der Waals surface area (Å²) in [5.74, 6) is 1.35. The van der Waals surface area contributed by atoms with Crippen molar-refractivity contribution >= 4 is 17.4 Å². The second-order valence-corrected chi connectivity index (χ2v) is 6.20. The SMILES string of the molecule is Nc1cccc2c1CN(CC1CCCS1)C2. The van der Waals surface area contributed by atoms with Crippen LogP contribution in [0.1, 0.15) is 24.0 Å². The van der Waals surface area contributed by atoms with Gasteiger partial charge in [-0.05, 0) is 35.8 Å². The topological polar surface area (TPSA) is 29.3 Å². The summed E-state index contributed by atoms with van der Waals surface area (Å²) in [4.78, 5) is 2.55. The molecule has 1 fully saturated rings. The van der Waals surface area contributed by atoms with Crippen LogP contribution in [-0.2, 0) is 13.1 Å². The quantitative estimate of drug-likeness (QED) is 0.797. The Morgan fingerprint density at radius 1 is 1.38 bits per heavy atom. The number of anilines is 1. The molecule has 0 radical (unpaired) electrons. The van der Waals surface area contributed by atoms with Crippen LogP contribution in [0.2, 0.25) is 0 Å². The Balaban J connectivity index is 1.68. The van der Waals surface area contributed by atoms with E-state index in [2.05, 4.69) is 28.8 Å². The maximum Gasteiger partial charge on any atom is 0.0363 e. The number of hydrogen-bond acceptors (Lipinski definition) is 3. The van der Waals surface area contributed by atoms with E-state index in [9.17, 15) is 0 Å². The molecule has 0 bridgehead atoms. The molecule has 16 heavy (non-hydrogen) atoms. The summed E-state index contributed by atoms with van der Waals surface area (Å²) < 4.78 is 0. The zero-order valence-corrected chi connectivity index (χ0v) is 10.3. The second kappa shape index (κ2) is 4.30. The van der Waals surface area contributed by atoms with E-state index in [1.807, 2.05) is 6.07 Å². The fourth-order valence-electron chi connectivity index (χ4n) is 2.72. The molecule has 86 valence electrons. The summed E-state index contributed by atoms with van der Waals surface area (Å²) >= 11 is 2.14. The lowest BCUT2D eigenvalue weighted by molar-refractivity contribution is 0.284. The normalized spacial score (nSPS) is 24.9. The lowest BCUT2D eigenvalue weighted by Crippen LogP contribution is -2.24. The minimum Gasteiger partial charge on any atom is -0.398 e. The second-order valence-electron chi connectivity index (χ2n) is 4.79. The summed E-state index contributed by atoms with van der Waals surface area (Å²) in [5, 5.41) is 0.857. The van der Waals surface area contributed by atoms with Crippen LogP contribution >= 0.6 is 11.8 Å². The molecule has 2 nitrogen and oxygen atoms in total. The lowest BCUT2D eigenvalue weighted by Gasteiger charge is -2.18. The molecule has 0 amide bonds. The first kappa shape index (κ1) is 10.5. The van der Waals surface area contributed by atoms with Gasteiger partial charge in [-0.25, -0.2) is 0 Å². The number of thioether (sulfide) groups is 1. The van der Waals surface area contributed by atoms with Crippen LogP contribution in [0, 0.1) is 0 Å². The molecule has 2 N–H and O–H groups in total. The van der Waals surface area contributed by atoms with E-state index in [-0.39, 0.29) is 0 Å². The maximum absolute atomic E-state index is 6.01. The van der Waals surface area contributed by atoms with Crippen LogP contribution in [0.15, 0.2) is 18.2 Å². The van der Waals surface area contributed by atoms with Gasteiger partial charge in [-0.15, -0.1) is 0 Å². The van der Waals surface area contributed by atoms with Gasteiger partial charge < -0.3 is 5.73 Å². The third kappa shape index (κ3) is 1.94. The summed E-state index contributed by atoms with van der Waals surface area (Å²) in [6.07, 6.45) is 2.80. The van der Waals surface area contributed by atoms with Gasteiger partial charge in [0.25, 0.3) is 0 Å². The van der Waals surface area contributed by atoms with Crippen molar-refractivity contribution in [3.05, 3.63) is 29.3 Å². The van der Waals surface area contributed by atoms with Gasteiger partial charge in [-0.1, -0.05) is 12.1 Å². The lowest BCUT2D eigenvalue weighted by atomic mass is 10.1. The van der Waals surface area contributed by atoms with Gasteiger partial charge in [0.2, 0.25) is 0 Å². The van der Waals surface area contributed by atoms with E-state index in [4.69, 9.17) is 5.73 Å². The number of nitrogens with zero attached hydrogens (tertiary/aromatic N) is 1. The van der Waals surface area contributed by atoms with Gasteiger partial charge >= 0.3 is 0 Å². The van der Waals surface area contributed by atoms with Gasteiger partial charge in [-0.3, -0.25) is 4.90 Å². The number of rotatable bonds is 2. The Morgan fingerprint density at radius 2 is 2.31 bits per heavy atom. The van der Waals surface area contributed by atoms with Crippen LogP contribution in [0.4, 0.5) is 5.69 Å². The van der Waals surface area contributed by atoms with Crippen molar-refractivity contribution in [1.29, 1.82) is 0 Å². The molecule has 1 atom stereocenters. The molecule has 3 rings (SSSR count). The molecule has 1 aromatic rings. The Bertz CT molecular complexity index is 386. The van der Waals surface area contributed by atoms with Crippen LogP contribution < -0.4 is 5.73 Å². The Kier molecular flexibility index (Phi) is 2.82. The van der Waals surface area contributed by atoms with E-state index >= 15 is 0 Å². The standard InChI is InChI=1S/C13H18N2S/c14-13-5-1-3-10-7-15(9-12(10)13)8-11-4-2-6-16-11/h1,3,5,11H,2,4,6-9,14H2. The van der Waals surface area contributed by atoms with Crippen molar-refractivity contribution in [2.45, 2.75) is 31.2 Å². The monoisotopic (exact) mass is 234 g/mol. The molecular formula is C13H18N2S. The minimum atomic E-state index is 0.857. The van der Waals surface area contributed by atoms with Crippen molar-refractivity contribution in [3.8, 4) is 0 Å². The number of nitrogen functional groups attached to an aromatic ring is 1. The highest BCUT2D eigenvalue weighted by molar-refractivity contribution is 8.00. The van der Waals surface area contributed by atoms with Gasteiger partial charge in [0.1, 0.15) is 0 Å². The molecule has 0 spiro atoms. The Morgan fingerprint density at radius 3 is 3.06 bits per heavy atom. The summed E-state index contributed by atoms with van der Waals surface area (Å²) in [7, 11) is 0. The first-order chi connectivity index (χ1) is 7.83. The fourth-order valence-corrected chi connectivity index (χ4v) is 4.04. The molecule has 0 saturated carbocycles. The Labute approximate surface area is 101 Å². The fraction of sp³-hybridized carbons (Fsp3) is 0.538. The zero-order chi connectivity index (χ0) is 11.0. The number of benzene rings is 1. The maximum atomic E-state index is 6.01. The van der Waals surface area contributed by atoms with E-state index in [1.54, 1.807) is 0 Å². The average Bonchev–Trinajstić information content (AvgIpc) is 2.88. The summed E-state index contributed by atoms with van der Waals surface area (Å²) in [6.45, 7) is 3.38.